The molecule has 0 fully saturated rings. The van der Waals surface area contributed by atoms with Gasteiger partial charge in [-0.1, -0.05) is 31.2 Å². The second kappa shape index (κ2) is 5.60. The molecule has 0 saturated carbocycles. The average Bonchev–Trinajstić information content (AvgIpc) is 2.84. The van der Waals surface area contributed by atoms with Crippen LogP contribution < -0.4 is 5.73 Å². The minimum absolute atomic E-state index is 0.424. The molecule has 2 N–H and O–H groups in total. The predicted octanol–water partition coefficient (Wildman–Crippen LogP) is 3.98. The molecule has 1 aromatic heterocycles. The highest BCUT2D eigenvalue weighted by molar-refractivity contribution is 5.75. The molecule has 1 unspecified atom stereocenters. The van der Waals surface area contributed by atoms with Crippen LogP contribution in [0.15, 0.2) is 48.5 Å². The van der Waals surface area contributed by atoms with Crippen LogP contribution in [0.5, 0.6) is 0 Å². The fourth-order valence-corrected chi connectivity index (χ4v) is 2.85. The van der Waals surface area contributed by atoms with Crippen LogP contribution in [0.1, 0.15) is 31.2 Å². The Bertz CT molecular complexity index is 741. The maximum atomic E-state index is 5.76. The zero-order valence-corrected chi connectivity index (χ0v) is 12.6. The number of nitrogens with zero attached hydrogens (tertiary/aromatic N) is 2. The van der Waals surface area contributed by atoms with Crippen molar-refractivity contribution in [3.05, 3.63) is 59.9 Å². The summed E-state index contributed by atoms with van der Waals surface area (Å²) in [6, 6.07) is 16.5. The van der Waals surface area contributed by atoms with Crippen molar-refractivity contribution in [2.75, 3.05) is 5.73 Å². The lowest BCUT2D eigenvalue weighted by Gasteiger charge is -2.13. The summed E-state index contributed by atoms with van der Waals surface area (Å²) < 4.78 is 2.31. The molecule has 0 saturated heterocycles. The molecule has 0 aliphatic carbocycles. The quantitative estimate of drug-likeness (QED) is 0.734. The molecule has 3 heteroatoms. The van der Waals surface area contributed by atoms with E-state index in [-0.39, 0.29) is 0 Å². The van der Waals surface area contributed by atoms with E-state index < -0.39 is 0 Å². The molecular formula is C18H21N3. The van der Waals surface area contributed by atoms with Gasteiger partial charge in [0.1, 0.15) is 5.82 Å². The number of hydrogen-bond acceptors (Lipinski definition) is 2. The van der Waals surface area contributed by atoms with Crippen LogP contribution in [-0.4, -0.2) is 9.55 Å². The average molecular weight is 279 g/mol. The van der Waals surface area contributed by atoms with E-state index in [4.69, 9.17) is 10.7 Å². The molecule has 0 bridgehead atoms. The van der Waals surface area contributed by atoms with E-state index in [1.807, 2.05) is 18.2 Å². The molecule has 2 aromatic carbocycles. The second-order valence-corrected chi connectivity index (χ2v) is 5.53. The summed E-state index contributed by atoms with van der Waals surface area (Å²) in [5, 5.41) is 0. The Morgan fingerprint density at radius 1 is 1.10 bits per heavy atom. The third-order valence-corrected chi connectivity index (χ3v) is 4.04. The lowest BCUT2D eigenvalue weighted by atomic mass is 9.97. The first-order chi connectivity index (χ1) is 10.2. The molecule has 0 spiro atoms. The van der Waals surface area contributed by atoms with E-state index in [0.717, 1.165) is 30.0 Å². The van der Waals surface area contributed by atoms with Crippen molar-refractivity contribution in [1.29, 1.82) is 0 Å². The molecule has 108 valence electrons. The first kappa shape index (κ1) is 13.7. The molecule has 0 radical (unpaired) electrons. The van der Waals surface area contributed by atoms with E-state index in [1.165, 1.54) is 11.1 Å². The number of imidazole rings is 1. The monoisotopic (exact) mass is 279 g/mol. The van der Waals surface area contributed by atoms with Crippen LogP contribution in [0.3, 0.4) is 0 Å². The molecule has 3 rings (SSSR count). The molecule has 3 aromatic rings. The fraction of sp³-hybridized carbons (Fsp3) is 0.278. The largest absolute Gasteiger partial charge is 0.399 e. The summed E-state index contributed by atoms with van der Waals surface area (Å²) in [6.07, 6.45) is 0.937. The highest BCUT2D eigenvalue weighted by Gasteiger charge is 2.13. The fourth-order valence-electron chi connectivity index (χ4n) is 2.85. The number of nitrogens with two attached hydrogens (primary N) is 1. The standard InChI is InChI=1S/C18H21N3/c1-3-21-17-7-5-4-6-16(17)20-18(21)12-13(2)14-8-10-15(19)11-9-14/h4-11,13H,3,12,19H2,1-2H3. The van der Waals surface area contributed by atoms with Gasteiger partial charge in [-0.2, -0.15) is 0 Å². The maximum Gasteiger partial charge on any atom is 0.110 e. The van der Waals surface area contributed by atoms with Crippen LogP contribution in [0.4, 0.5) is 5.69 Å². The van der Waals surface area contributed by atoms with Crippen molar-refractivity contribution >= 4 is 16.7 Å². The third kappa shape index (κ3) is 2.64. The molecule has 21 heavy (non-hydrogen) atoms. The second-order valence-electron chi connectivity index (χ2n) is 5.53. The Balaban J connectivity index is 1.92. The van der Waals surface area contributed by atoms with Crippen LogP contribution in [-0.2, 0) is 13.0 Å². The van der Waals surface area contributed by atoms with Gasteiger partial charge >= 0.3 is 0 Å². The van der Waals surface area contributed by atoms with Gasteiger partial charge in [0.05, 0.1) is 11.0 Å². The van der Waals surface area contributed by atoms with Crippen molar-refractivity contribution in [3.63, 3.8) is 0 Å². The van der Waals surface area contributed by atoms with Gasteiger partial charge in [-0.25, -0.2) is 4.98 Å². The SMILES string of the molecule is CCn1c(CC(C)c2ccc(N)cc2)nc2ccccc21. The number of aryl methyl sites for hydroxylation is 1. The molecule has 1 heterocycles. The van der Waals surface area contributed by atoms with Gasteiger partial charge in [-0.05, 0) is 42.7 Å². The van der Waals surface area contributed by atoms with Gasteiger partial charge in [0.15, 0.2) is 0 Å². The molecule has 0 aliphatic rings. The lowest BCUT2D eigenvalue weighted by molar-refractivity contribution is 0.654. The van der Waals surface area contributed by atoms with Crippen LogP contribution in [0.25, 0.3) is 11.0 Å². The Labute approximate surface area is 125 Å². The Kier molecular flexibility index (Phi) is 3.65. The first-order valence-electron chi connectivity index (χ1n) is 7.48. The number of aromatic nitrogens is 2. The number of anilines is 1. The Hall–Kier alpha value is -2.29. The third-order valence-electron chi connectivity index (χ3n) is 4.04. The highest BCUT2D eigenvalue weighted by Crippen LogP contribution is 2.24. The smallest absolute Gasteiger partial charge is 0.110 e. The van der Waals surface area contributed by atoms with Crippen molar-refractivity contribution in [1.82, 2.24) is 9.55 Å². The van der Waals surface area contributed by atoms with Crippen LogP contribution in [0.2, 0.25) is 0 Å². The summed E-state index contributed by atoms with van der Waals surface area (Å²) in [5.41, 5.74) is 10.2. The van der Waals surface area contributed by atoms with Crippen LogP contribution >= 0.6 is 0 Å². The minimum atomic E-state index is 0.424. The number of fused-ring (bicyclic) bond motifs is 1. The van der Waals surface area contributed by atoms with Gasteiger partial charge in [-0.15, -0.1) is 0 Å². The molecule has 0 aliphatic heterocycles. The van der Waals surface area contributed by atoms with Crippen molar-refractivity contribution < 1.29 is 0 Å². The van der Waals surface area contributed by atoms with E-state index in [0.29, 0.717) is 5.92 Å². The van der Waals surface area contributed by atoms with E-state index in [1.54, 1.807) is 0 Å². The number of rotatable bonds is 4. The van der Waals surface area contributed by atoms with Gasteiger partial charge in [-0.3, -0.25) is 0 Å². The van der Waals surface area contributed by atoms with E-state index in [9.17, 15) is 0 Å². The number of benzene rings is 2. The number of nitrogen functional groups attached to an aromatic ring is 1. The minimum Gasteiger partial charge on any atom is -0.399 e. The number of hydrogen-bond donors (Lipinski definition) is 1. The van der Waals surface area contributed by atoms with Gasteiger partial charge in [0, 0.05) is 18.7 Å². The predicted molar refractivity (Wildman–Crippen MR) is 88.4 cm³/mol. The topological polar surface area (TPSA) is 43.8 Å². The van der Waals surface area contributed by atoms with E-state index in [2.05, 4.69) is 48.7 Å². The normalized spacial score (nSPS) is 12.7. The summed E-state index contributed by atoms with van der Waals surface area (Å²) in [6.45, 7) is 5.36. The summed E-state index contributed by atoms with van der Waals surface area (Å²) >= 11 is 0. The molecule has 3 nitrogen and oxygen atoms in total. The van der Waals surface area contributed by atoms with Gasteiger partial charge in [0.2, 0.25) is 0 Å². The Morgan fingerprint density at radius 3 is 2.52 bits per heavy atom. The summed E-state index contributed by atoms with van der Waals surface area (Å²) in [7, 11) is 0. The maximum absolute atomic E-state index is 5.76. The van der Waals surface area contributed by atoms with Crippen LogP contribution in [0, 0.1) is 0 Å². The number of para-hydroxylation sites is 2. The van der Waals surface area contributed by atoms with Crippen molar-refractivity contribution in [3.8, 4) is 0 Å². The molecule has 1 atom stereocenters. The van der Waals surface area contributed by atoms with Gasteiger partial charge in [0.25, 0.3) is 0 Å². The summed E-state index contributed by atoms with van der Waals surface area (Å²) in [5.74, 6) is 1.58. The first-order valence-corrected chi connectivity index (χ1v) is 7.48. The molecular weight excluding hydrogens is 258 g/mol. The van der Waals surface area contributed by atoms with Crippen molar-refractivity contribution in [2.24, 2.45) is 0 Å². The zero-order chi connectivity index (χ0) is 14.8. The van der Waals surface area contributed by atoms with E-state index >= 15 is 0 Å². The van der Waals surface area contributed by atoms with Crippen molar-refractivity contribution in [2.45, 2.75) is 32.7 Å². The van der Waals surface area contributed by atoms with Gasteiger partial charge < -0.3 is 10.3 Å². The Morgan fingerprint density at radius 2 is 1.81 bits per heavy atom. The lowest BCUT2D eigenvalue weighted by Crippen LogP contribution is -2.06. The summed E-state index contributed by atoms with van der Waals surface area (Å²) in [4.78, 5) is 4.80. The highest BCUT2D eigenvalue weighted by atomic mass is 15.1. The molecule has 0 amide bonds. The zero-order valence-electron chi connectivity index (χ0n) is 12.6.